The van der Waals surface area contributed by atoms with Gasteiger partial charge in [0.1, 0.15) is 12.1 Å². The predicted molar refractivity (Wildman–Crippen MR) is 141 cm³/mol. The molecule has 3 heterocycles. The number of hydrogen-bond acceptors (Lipinski definition) is 6. The fraction of sp³-hybridized carbons (Fsp3) is 0.500. The molecule has 2 amide bonds. The van der Waals surface area contributed by atoms with E-state index in [1.165, 1.54) is 21.5 Å². The van der Waals surface area contributed by atoms with E-state index >= 15 is 0 Å². The van der Waals surface area contributed by atoms with Crippen LogP contribution in [0.25, 0.3) is 0 Å². The number of amides is 2. The topological polar surface area (TPSA) is 117 Å². The van der Waals surface area contributed by atoms with Crippen molar-refractivity contribution >= 4 is 27.6 Å². The van der Waals surface area contributed by atoms with Gasteiger partial charge in [0.15, 0.2) is 10.8 Å². The number of Topliss-reactive ketones (excluding diaryl/α,β-unsaturated/α-hetero) is 1. The molecule has 2 aromatic rings. The molecule has 3 atom stereocenters. The molecule has 3 unspecified atom stereocenters. The van der Waals surface area contributed by atoms with Gasteiger partial charge in [0.25, 0.3) is 15.9 Å². The van der Waals surface area contributed by atoms with Gasteiger partial charge in [0.2, 0.25) is 5.91 Å². The number of ketones is 1. The Bertz CT molecular complexity index is 1330. The first-order valence-corrected chi connectivity index (χ1v) is 14.6. The van der Waals surface area contributed by atoms with Gasteiger partial charge >= 0.3 is 0 Å². The summed E-state index contributed by atoms with van der Waals surface area (Å²) in [6.07, 6.45) is 4.26. The monoisotopic (exact) mass is 538 g/mol. The minimum Gasteiger partial charge on any atom is -0.340 e. The Balaban J connectivity index is 1.33. The zero-order valence-corrected chi connectivity index (χ0v) is 22.8. The van der Waals surface area contributed by atoms with E-state index in [0.717, 1.165) is 18.4 Å². The summed E-state index contributed by atoms with van der Waals surface area (Å²) in [5.74, 6) is -0.618. The van der Waals surface area contributed by atoms with Crippen LogP contribution in [0.1, 0.15) is 62.4 Å². The van der Waals surface area contributed by atoms with Crippen molar-refractivity contribution in [2.24, 2.45) is 5.92 Å². The van der Waals surface area contributed by atoms with E-state index in [2.05, 4.69) is 31.1 Å². The van der Waals surface area contributed by atoms with Crippen molar-refractivity contribution in [3.63, 3.8) is 0 Å². The van der Waals surface area contributed by atoms with Crippen LogP contribution in [0.5, 0.6) is 0 Å². The van der Waals surface area contributed by atoms with Crippen LogP contribution in [-0.2, 0) is 25.0 Å². The maximum atomic E-state index is 13.8. The lowest BCUT2D eigenvalue weighted by molar-refractivity contribution is -0.138. The number of sulfonamides is 1. The first-order valence-electron chi connectivity index (χ1n) is 13.1. The maximum absolute atomic E-state index is 13.8. The lowest BCUT2D eigenvalue weighted by atomic mass is 9.86. The van der Waals surface area contributed by atoms with Gasteiger partial charge in [-0.2, -0.15) is 4.31 Å². The summed E-state index contributed by atoms with van der Waals surface area (Å²) in [6, 6.07) is 9.72. The summed E-state index contributed by atoms with van der Waals surface area (Å²) < 4.78 is 27.6. The summed E-state index contributed by atoms with van der Waals surface area (Å²) in [4.78, 5) is 45.4. The summed E-state index contributed by atoms with van der Waals surface area (Å²) >= 11 is 0. The number of carbonyl (C=O) groups is 3. The highest BCUT2D eigenvalue weighted by Crippen LogP contribution is 2.37. The summed E-state index contributed by atoms with van der Waals surface area (Å²) in [6.45, 7) is 6.26. The Labute approximate surface area is 223 Å². The molecule has 202 valence electrons. The third-order valence-electron chi connectivity index (χ3n) is 7.75. The molecule has 1 aromatic carbocycles. The van der Waals surface area contributed by atoms with Gasteiger partial charge in [0.05, 0.1) is 12.6 Å². The predicted octanol–water partition coefficient (Wildman–Crippen LogP) is 2.52. The summed E-state index contributed by atoms with van der Waals surface area (Å²) in [5, 5.41) is 2.80. The molecule has 2 saturated heterocycles. The van der Waals surface area contributed by atoms with Crippen LogP contribution in [0.2, 0.25) is 0 Å². The quantitative estimate of drug-likeness (QED) is 0.579. The van der Waals surface area contributed by atoms with Crippen LogP contribution in [-0.4, -0.2) is 71.4 Å². The van der Waals surface area contributed by atoms with Crippen molar-refractivity contribution in [1.82, 2.24) is 19.5 Å². The second-order valence-corrected chi connectivity index (χ2v) is 13.4. The van der Waals surface area contributed by atoms with E-state index in [-0.39, 0.29) is 41.1 Å². The average Bonchev–Trinajstić information content (AvgIpc) is 3.50. The second kappa shape index (κ2) is 9.89. The lowest BCUT2D eigenvalue weighted by Gasteiger charge is -2.28. The number of benzene rings is 1. The fourth-order valence-corrected chi connectivity index (χ4v) is 6.99. The van der Waals surface area contributed by atoms with Crippen LogP contribution in [0, 0.1) is 5.92 Å². The molecular weight excluding hydrogens is 504 g/mol. The van der Waals surface area contributed by atoms with Crippen LogP contribution in [0.15, 0.2) is 53.7 Å². The SMILES string of the molecule is CC(C)(C)c1ccc(C(=O)NC(CC2CC2)C(=O)N2CCC3C2C(=O)CN3S(=O)(=O)c2ccccn2)cc1. The molecule has 1 N–H and O–H groups in total. The molecule has 1 aromatic heterocycles. The van der Waals surface area contributed by atoms with E-state index in [1.54, 1.807) is 24.3 Å². The number of fused-ring (bicyclic) bond motifs is 1. The van der Waals surface area contributed by atoms with Crippen molar-refractivity contribution < 1.29 is 22.8 Å². The van der Waals surface area contributed by atoms with Crippen molar-refractivity contribution in [3.05, 3.63) is 59.8 Å². The molecule has 0 radical (unpaired) electrons. The molecule has 9 nitrogen and oxygen atoms in total. The first-order chi connectivity index (χ1) is 18.0. The summed E-state index contributed by atoms with van der Waals surface area (Å²) in [5.41, 5.74) is 1.53. The van der Waals surface area contributed by atoms with Crippen molar-refractivity contribution in [2.45, 2.75) is 75.0 Å². The number of carbonyl (C=O) groups excluding carboxylic acids is 3. The Morgan fingerprint density at radius 2 is 1.79 bits per heavy atom. The smallest absolute Gasteiger partial charge is 0.261 e. The third-order valence-corrected chi connectivity index (χ3v) is 9.54. The standard InChI is InChI=1S/C28H34N4O5S/c1-28(2,3)20-11-9-19(10-12-20)26(34)30-21(16-18-7-8-18)27(35)31-15-13-22-25(31)23(33)17-32(22)38(36,37)24-6-4-5-14-29-24/h4-6,9-12,14,18,21-22,25H,7-8,13,15-17H2,1-3H3,(H,30,34). The number of hydrogen-bond donors (Lipinski definition) is 1. The van der Waals surface area contributed by atoms with Gasteiger partial charge in [-0.1, -0.05) is 51.8 Å². The van der Waals surface area contributed by atoms with Gasteiger partial charge in [-0.3, -0.25) is 14.4 Å². The highest BCUT2D eigenvalue weighted by atomic mass is 32.2. The Morgan fingerprint density at radius 3 is 2.39 bits per heavy atom. The fourth-order valence-electron chi connectivity index (χ4n) is 5.43. The molecule has 1 saturated carbocycles. The van der Waals surface area contributed by atoms with E-state index in [9.17, 15) is 22.8 Å². The van der Waals surface area contributed by atoms with E-state index < -0.39 is 28.1 Å². The van der Waals surface area contributed by atoms with E-state index in [0.29, 0.717) is 24.3 Å². The number of rotatable bonds is 7. The molecular formula is C28H34N4O5S. The number of nitrogens with one attached hydrogen (secondary N) is 1. The largest absolute Gasteiger partial charge is 0.340 e. The molecule has 3 fully saturated rings. The normalized spacial score (nSPS) is 22.8. The number of pyridine rings is 1. The van der Waals surface area contributed by atoms with Gasteiger partial charge in [-0.05, 0) is 54.0 Å². The van der Waals surface area contributed by atoms with Crippen LogP contribution < -0.4 is 5.32 Å². The Morgan fingerprint density at radius 1 is 1.08 bits per heavy atom. The zero-order chi connectivity index (χ0) is 27.2. The molecule has 0 bridgehead atoms. The maximum Gasteiger partial charge on any atom is 0.261 e. The van der Waals surface area contributed by atoms with E-state index in [4.69, 9.17) is 0 Å². The highest BCUT2D eigenvalue weighted by molar-refractivity contribution is 7.89. The molecule has 3 aliphatic rings. The van der Waals surface area contributed by atoms with Gasteiger partial charge in [-0.15, -0.1) is 0 Å². The van der Waals surface area contributed by atoms with Crippen molar-refractivity contribution in [1.29, 1.82) is 0 Å². The van der Waals surface area contributed by atoms with Gasteiger partial charge < -0.3 is 10.2 Å². The first kappa shape index (κ1) is 26.5. The van der Waals surface area contributed by atoms with Crippen LogP contribution in [0.4, 0.5) is 0 Å². The lowest BCUT2D eigenvalue weighted by Crippen LogP contribution is -2.52. The molecule has 5 rings (SSSR count). The second-order valence-electron chi connectivity index (χ2n) is 11.5. The molecule has 1 aliphatic carbocycles. The van der Waals surface area contributed by atoms with Gasteiger partial charge in [-0.25, -0.2) is 13.4 Å². The minimum absolute atomic E-state index is 0.0441. The van der Waals surface area contributed by atoms with Gasteiger partial charge in [0, 0.05) is 18.3 Å². The van der Waals surface area contributed by atoms with Crippen LogP contribution >= 0.6 is 0 Å². The number of nitrogens with zero attached hydrogens (tertiary/aromatic N) is 3. The Hall–Kier alpha value is -3.11. The highest BCUT2D eigenvalue weighted by Gasteiger charge is 2.54. The van der Waals surface area contributed by atoms with Crippen LogP contribution in [0.3, 0.4) is 0 Å². The minimum atomic E-state index is -3.98. The third kappa shape index (κ3) is 5.11. The molecule has 0 spiro atoms. The summed E-state index contributed by atoms with van der Waals surface area (Å²) in [7, 11) is -3.98. The van der Waals surface area contributed by atoms with Crippen molar-refractivity contribution in [2.75, 3.05) is 13.1 Å². The van der Waals surface area contributed by atoms with E-state index in [1.807, 2.05) is 12.1 Å². The Kier molecular flexibility index (Phi) is 6.89. The zero-order valence-electron chi connectivity index (χ0n) is 22.0. The van der Waals surface area contributed by atoms with Crippen molar-refractivity contribution in [3.8, 4) is 0 Å². The average molecular weight is 539 g/mol. The number of likely N-dealkylation sites (tertiary alicyclic amines) is 1. The molecule has 10 heteroatoms. The molecule has 38 heavy (non-hydrogen) atoms. The molecule has 2 aliphatic heterocycles. The number of aromatic nitrogens is 1.